The van der Waals surface area contributed by atoms with Crippen molar-refractivity contribution in [2.24, 2.45) is 11.1 Å². The molecule has 2 aliphatic heterocycles. The molecular formula is C24H28N3O3. The highest BCUT2D eigenvalue weighted by atomic mass is 16.5. The topological polar surface area (TPSA) is 84.7 Å². The Hall–Kier alpha value is -2.86. The second kappa shape index (κ2) is 7.76. The molecule has 1 saturated heterocycles. The van der Waals surface area contributed by atoms with Gasteiger partial charge in [-0.05, 0) is 68.7 Å². The van der Waals surface area contributed by atoms with E-state index in [9.17, 15) is 9.59 Å². The summed E-state index contributed by atoms with van der Waals surface area (Å²) in [4.78, 5) is 26.0. The van der Waals surface area contributed by atoms with Crippen LogP contribution in [0.4, 0.5) is 11.4 Å². The van der Waals surface area contributed by atoms with Crippen LogP contribution in [0.5, 0.6) is 0 Å². The fourth-order valence-electron chi connectivity index (χ4n) is 4.73. The van der Waals surface area contributed by atoms with Crippen molar-refractivity contribution in [2.45, 2.75) is 45.4 Å². The summed E-state index contributed by atoms with van der Waals surface area (Å²) >= 11 is 0. The van der Waals surface area contributed by atoms with Crippen LogP contribution in [0.1, 0.15) is 43.5 Å². The third-order valence-electron chi connectivity index (χ3n) is 6.27. The molecule has 2 heterocycles. The third kappa shape index (κ3) is 3.67. The van der Waals surface area contributed by atoms with E-state index in [4.69, 9.17) is 10.5 Å². The van der Waals surface area contributed by atoms with Gasteiger partial charge in [-0.3, -0.25) is 9.59 Å². The molecule has 0 spiro atoms. The number of benzene rings is 2. The summed E-state index contributed by atoms with van der Waals surface area (Å²) in [6.07, 6.45) is 2.70. The molecule has 157 valence electrons. The van der Waals surface area contributed by atoms with E-state index in [-0.39, 0.29) is 24.2 Å². The van der Waals surface area contributed by atoms with Crippen LogP contribution in [0.3, 0.4) is 0 Å². The van der Waals surface area contributed by atoms with Crippen LogP contribution >= 0.6 is 0 Å². The number of amides is 1. The molecule has 2 aromatic carbocycles. The quantitative estimate of drug-likeness (QED) is 0.816. The van der Waals surface area contributed by atoms with E-state index < -0.39 is 5.41 Å². The zero-order chi connectivity index (χ0) is 21.5. The number of carbonyl (C=O) groups is 1. The van der Waals surface area contributed by atoms with Gasteiger partial charge in [-0.15, -0.1) is 0 Å². The lowest BCUT2D eigenvalue weighted by Crippen LogP contribution is -2.47. The Balaban J connectivity index is 1.71. The van der Waals surface area contributed by atoms with Gasteiger partial charge in [0.1, 0.15) is 0 Å². The highest BCUT2D eigenvalue weighted by molar-refractivity contribution is 5.85. The van der Waals surface area contributed by atoms with Gasteiger partial charge in [0.05, 0.1) is 23.7 Å². The van der Waals surface area contributed by atoms with Crippen molar-refractivity contribution < 1.29 is 14.3 Å². The number of ether oxygens (including phenoxy) is 1. The molecule has 0 aliphatic carbocycles. The first-order valence-electron chi connectivity index (χ1n) is 10.4. The molecule has 2 aromatic rings. The lowest BCUT2D eigenvalue weighted by molar-refractivity contribution is -0.127. The lowest BCUT2D eigenvalue weighted by Gasteiger charge is -2.42. The maximum absolute atomic E-state index is 12.6. The van der Waals surface area contributed by atoms with Gasteiger partial charge in [-0.25, -0.2) is 0 Å². The van der Waals surface area contributed by atoms with Crippen molar-refractivity contribution in [3.05, 3.63) is 59.2 Å². The Labute approximate surface area is 177 Å². The number of hydrogen-bond donors (Lipinski definition) is 2. The molecule has 6 nitrogen and oxygen atoms in total. The molecule has 0 bridgehead atoms. The minimum absolute atomic E-state index is 0.164. The zero-order valence-corrected chi connectivity index (χ0v) is 17.6. The molecule has 1 radical (unpaired) electrons. The van der Waals surface area contributed by atoms with Gasteiger partial charge in [0.25, 0.3) is 0 Å². The van der Waals surface area contributed by atoms with Crippen LogP contribution in [-0.2, 0) is 20.7 Å². The minimum Gasteiger partial charge on any atom is -0.377 e. The molecule has 1 fully saturated rings. The number of hydrogen-bond acceptors (Lipinski definition) is 5. The summed E-state index contributed by atoms with van der Waals surface area (Å²) in [5.41, 5.74) is 9.47. The van der Waals surface area contributed by atoms with E-state index in [1.165, 1.54) is 0 Å². The number of carbonyl (C=O) groups excluding carboxylic acids is 2. The van der Waals surface area contributed by atoms with E-state index in [1.54, 1.807) is 12.1 Å². The van der Waals surface area contributed by atoms with Gasteiger partial charge >= 0.3 is 0 Å². The van der Waals surface area contributed by atoms with Crippen LogP contribution in [0.15, 0.2) is 42.5 Å². The zero-order valence-electron chi connectivity index (χ0n) is 17.6. The van der Waals surface area contributed by atoms with Crippen LogP contribution in [-0.4, -0.2) is 37.5 Å². The van der Waals surface area contributed by atoms with E-state index >= 15 is 0 Å². The third-order valence-corrected chi connectivity index (χ3v) is 6.27. The van der Waals surface area contributed by atoms with E-state index in [1.807, 2.05) is 31.4 Å². The molecular weight excluding hydrogens is 378 g/mol. The summed E-state index contributed by atoms with van der Waals surface area (Å²) in [6, 6.07) is 13.4. The highest BCUT2D eigenvalue weighted by Gasteiger charge is 2.44. The summed E-state index contributed by atoms with van der Waals surface area (Å²) in [6.45, 7) is 7.71. The maximum atomic E-state index is 12.6. The standard InChI is InChI=1S/C24H28N3O3/c1-15-12-27(13-16(2)30-15)20-6-4-5-18(10-20)22-24(3,23(25)29)11-19-9-17(14-28)7-8-21(19)26-22/h4-10,15-16,22,26H,11-13H2,1-3H3,(H2,25,29). The smallest absolute Gasteiger partial charge is 0.233 e. The van der Waals surface area contributed by atoms with Crippen molar-refractivity contribution in [3.8, 4) is 0 Å². The predicted molar refractivity (Wildman–Crippen MR) is 117 cm³/mol. The van der Waals surface area contributed by atoms with Gasteiger partial charge < -0.3 is 20.7 Å². The van der Waals surface area contributed by atoms with Crippen molar-refractivity contribution in [1.82, 2.24) is 0 Å². The Kier molecular flexibility index (Phi) is 5.28. The monoisotopic (exact) mass is 406 g/mol. The van der Waals surface area contributed by atoms with Crippen LogP contribution in [0.2, 0.25) is 0 Å². The van der Waals surface area contributed by atoms with E-state index in [2.05, 4.69) is 36.2 Å². The second-order valence-electron chi connectivity index (χ2n) is 8.77. The van der Waals surface area contributed by atoms with Crippen LogP contribution < -0.4 is 16.0 Å². The average Bonchev–Trinajstić information content (AvgIpc) is 2.72. The van der Waals surface area contributed by atoms with Gasteiger partial charge in [0.2, 0.25) is 12.2 Å². The van der Waals surface area contributed by atoms with Crippen molar-refractivity contribution in [1.29, 1.82) is 0 Å². The largest absolute Gasteiger partial charge is 0.377 e. The molecule has 6 heteroatoms. The van der Waals surface area contributed by atoms with Crippen molar-refractivity contribution >= 4 is 23.6 Å². The fraction of sp³-hybridized carbons (Fsp3) is 0.417. The summed E-state index contributed by atoms with van der Waals surface area (Å²) in [7, 11) is 0. The number of morpholine rings is 1. The molecule has 4 rings (SSSR count). The molecule has 30 heavy (non-hydrogen) atoms. The van der Waals surface area contributed by atoms with Crippen molar-refractivity contribution in [3.63, 3.8) is 0 Å². The van der Waals surface area contributed by atoms with Gasteiger partial charge in [-0.1, -0.05) is 12.1 Å². The van der Waals surface area contributed by atoms with Gasteiger partial charge in [0, 0.05) is 30.0 Å². The van der Waals surface area contributed by atoms with E-state index in [0.717, 1.165) is 35.6 Å². The molecule has 4 unspecified atom stereocenters. The molecule has 0 saturated carbocycles. The maximum Gasteiger partial charge on any atom is 0.233 e. The highest BCUT2D eigenvalue weighted by Crippen LogP contribution is 2.45. The number of nitrogens with zero attached hydrogens (tertiary/aromatic N) is 1. The summed E-state index contributed by atoms with van der Waals surface area (Å²) in [5.74, 6) is -0.370. The number of nitrogens with one attached hydrogen (secondary N) is 1. The van der Waals surface area contributed by atoms with Gasteiger partial charge in [0.15, 0.2) is 0 Å². The van der Waals surface area contributed by atoms with Crippen LogP contribution in [0.25, 0.3) is 0 Å². The van der Waals surface area contributed by atoms with Crippen LogP contribution in [0, 0.1) is 5.41 Å². The number of fused-ring (bicyclic) bond motifs is 1. The first kappa shape index (κ1) is 20.4. The fourth-order valence-corrected chi connectivity index (χ4v) is 4.73. The first-order valence-corrected chi connectivity index (χ1v) is 10.4. The van der Waals surface area contributed by atoms with Gasteiger partial charge in [-0.2, -0.15) is 0 Å². The SMILES string of the molecule is CC1CN(c2cccc(C3Nc4ccc([C]=O)cc4CC3(C)C(N)=O)c2)CC(C)O1. The molecule has 1 amide bonds. The van der Waals surface area contributed by atoms with Crippen molar-refractivity contribution in [2.75, 3.05) is 23.3 Å². The molecule has 2 aliphatic rings. The Morgan fingerprint density at radius 2 is 1.93 bits per heavy atom. The lowest BCUT2D eigenvalue weighted by atomic mass is 9.70. The summed E-state index contributed by atoms with van der Waals surface area (Å²) in [5, 5.41) is 3.51. The number of rotatable bonds is 4. The number of primary amides is 1. The normalized spacial score (nSPS) is 28.4. The number of nitrogens with two attached hydrogens (primary N) is 1. The Morgan fingerprint density at radius 3 is 2.60 bits per heavy atom. The molecule has 0 aromatic heterocycles. The second-order valence-corrected chi connectivity index (χ2v) is 8.77. The van der Waals surface area contributed by atoms with E-state index in [0.29, 0.717) is 12.0 Å². The molecule has 3 N–H and O–H groups in total. The summed E-state index contributed by atoms with van der Waals surface area (Å²) < 4.78 is 5.86. The number of anilines is 2. The first-order chi connectivity index (χ1) is 14.3. The Morgan fingerprint density at radius 1 is 1.20 bits per heavy atom. The predicted octanol–water partition coefficient (Wildman–Crippen LogP) is 2.96. The molecule has 4 atom stereocenters. The Bertz CT molecular complexity index is 966. The average molecular weight is 407 g/mol. The minimum atomic E-state index is -0.835.